The first-order chi connectivity index (χ1) is 9.61. The molecule has 2 N–H and O–H groups in total. The van der Waals surface area contributed by atoms with E-state index in [4.69, 9.17) is 11.6 Å². The van der Waals surface area contributed by atoms with Crippen LogP contribution in [0.15, 0.2) is 48.5 Å². The fraction of sp³-hybridized carbons (Fsp3) is 0.188. The minimum atomic E-state index is -0.429. The number of aliphatic hydroxyl groups excluding tert-OH is 1. The summed E-state index contributed by atoms with van der Waals surface area (Å²) in [5.74, 6) is -0.243. The zero-order valence-corrected chi connectivity index (χ0v) is 11.9. The standard InChI is InChI=1S/C16H16ClNO2/c1-11-7-8-13(17)9-14(11)16(20)18-15(10-19)12-5-3-2-4-6-12/h2-9,15,19H,10H2,1H3,(H,18,20). The van der Waals surface area contributed by atoms with Crippen molar-refractivity contribution in [1.29, 1.82) is 0 Å². The van der Waals surface area contributed by atoms with Crippen molar-refractivity contribution in [3.8, 4) is 0 Å². The van der Waals surface area contributed by atoms with Crippen molar-refractivity contribution in [2.75, 3.05) is 6.61 Å². The summed E-state index contributed by atoms with van der Waals surface area (Å²) in [6, 6.07) is 14.1. The van der Waals surface area contributed by atoms with E-state index in [0.717, 1.165) is 11.1 Å². The number of carbonyl (C=O) groups excluding carboxylic acids is 1. The fourth-order valence-electron chi connectivity index (χ4n) is 1.99. The van der Waals surface area contributed by atoms with Crippen LogP contribution in [0.3, 0.4) is 0 Å². The first-order valence-corrected chi connectivity index (χ1v) is 6.72. The van der Waals surface area contributed by atoms with Crippen LogP contribution in [-0.2, 0) is 0 Å². The van der Waals surface area contributed by atoms with Gasteiger partial charge in [0.25, 0.3) is 5.91 Å². The van der Waals surface area contributed by atoms with Gasteiger partial charge in [0.1, 0.15) is 0 Å². The minimum Gasteiger partial charge on any atom is -0.394 e. The van der Waals surface area contributed by atoms with Crippen LogP contribution in [0, 0.1) is 6.92 Å². The lowest BCUT2D eigenvalue weighted by Crippen LogP contribution is -2.31. The molecule has 4 heteroatoms. The van der Waals surface area contributed by atoms with Crippen molar-refractivity contribution < 1.29 is 9.90 Å². The molecule has 1 amide bonds. The van der Waals surface area contributed by atoms with E-state index in [0.29, 0.717) is 10.6 Å². The van der Waals surface area contributed by atoms with Gasteiger partial charge < -0.3 is 10.4 Å². The van der Waals surface area contributed by atoms with Crippen molar-refractivity contribution in [1.82, 2.24) is 5.32 Å². The molecule has 0 spiro atoms. The number of aryl methyl sites for hydroxylation is 1. The molecule has 2 aromatic carbocycles. The zero-order valence-electron chi connectivity index (χ0n) is 11.1. The number of hydrogen-bond donors (Lipinski definition) is 2. The van der Waals surface area contributed by atoms with E-state index in [2.05, 4.69) is 5.32 Å². The van der Waals surface area contributed by atoms with Gasteiger partial charge in [0.05, 0.1) is 12.6 Å². The number of rotatable bonds is 4. The number of carbonyl (C=O) groups is 1. The Morgan fingerprint density at radius 3 is 2.60 bits per heavy atom. The SMILES string of the molecule is Cc1ccc(Cl)cc1C(=O)NC(CO)c1ccccc1. The van der Waals surface area contributed by atoms with Gasteiger partial charge in [0.2, 0.25) is 0 Å². The Kier molecular flexibility index (Phi) is 4.77. The molecule has 0 aliphatic rings. The first-order valence-electron chi connectivity index (χ1n) is 6.34. The van der Waals surface area contributed by atoms with E-state index in [1.807, 2.05) is 37.3 Å². The number of amides is 1. The van der Waals surface area contributed by atoms with Crippen LogP contribution >= 0.6 is 11.6 Å². The lowest BCUT2D eigenvalue weighted by Gasteiger charge is -2.17. The quantitative estimate of drug-likeness (QED) is 0.908. The predicted molar refractivity (Wildman–Crippen MR) is 79.9 cm³/mol. The number of halogens is 1. The monoisotopic (exact) mass is 289 g/mol. The highest BCUT2D eigenvalue weighted by Gasteiger charge is 2.16. The zero-order chi connectivity index (χ0) is 14.5. The maximum atomic E-state index is 12.3. The molecule has 0 aliphatic carbocycles. The summed E-state index contributed by atoms with van der Waals surface area (Å²) in [6.45, 7) is 1.69. The van der Waals surface area contributed by atoms with Crippen molar-refractivity contribution in [3.63, 3.8) is 0 Å². The summed E-state index contributed by atoms with van der Waals surface area (Å²) in [5, 5.41) is 12.8. The molecule has 0 aliphatic heterocycles. The van der Waals surface area contributed by atoms with Gasteiger partial charge in [-0.2, -0.15) is 0 Å². The van der Waals surface area contributed by atoms with E-state index >= 15 is 0 Å². The summed E-state index contributed by atoms with van der Waals surface area (Å²) >= 11 is 5.92. The number of nitrogens with one attached hydrogen (secondary N) is 1. The molecule has 1 unspecified atom stereocenters. The predicted octanol–water partition coefficient (Wildman–Crippen LogP) is 3.11. The highest BCUT2D eigenvalue weighted by Crippen LogP contribution is 2.17. The molecule has 2 rings (SSSR count). The number of aliphatic hydroxyl groups is 1. The molecule has 2 aromatic rings. The Balaban J connectivity index is 2.20. The normalized spacial score (nSPS) is 11.9. The third-order valence-electron chi connectivity index (χ3n) is 3.13. The summed E-state index contributed by atoms with van der Waals surface area (Å²) < 4.78 is 0. The average molecular weight is 290 g/mol. The molecule has 0 saturated heterocycles. The van der Waals surface area contributed by atoms with Gasteiger partial charge in [-0.15, -0.1) is 0 Å². The van der Waals surface area contributed by atoms with Gasteiger partial charge in [0.15, 0.2) is 0 Å². The van der Waals surface area contributed by atoms with Gasteiger partial charge in [-0.25, -0.2) is 0 Å². The van der Waals surface area contributed by atoms with Crippen LogP contribution in [0.2, 0.25) is 5.02 Å². The molecular formula is C16H16ClNO2. The molecule has 0 heterocycles. The second kappa shape index (κ2) is 6.55. The Morgan fingerprint density at radius 1 is 1.25 bits per heavy atom. The molecule has 20 heavy (non-hydrogen) atoms. The summed E-state index contributed by atoms with van der Waals surface area (Å²) in [7, 11) is 0. The van der Waals surface area contributed by atoms with Crippen molar-refractivity contribution in [2.45, 2.75) is 13.0 Å². The summed E-state index contributed by atoms with van der Waals surface area (Å²) in [5.41, 5.74) is 2.23. The molecule has 0 saturated carbocycles. The van der Waals surface area contributed by atoms with E-state index in [9.17, 15) is 9.90 Å². The third-order valence-corrected chi connectivity index (χ3v) is 3.37. The summed E-state index contributed by atoms with van der Waals surface area (Å²) in [4.78, 5) is 12.3. The van der Waals surface area contributed by atoms with Crippen LogP contribution < -0.4 is 5.32 Å². The van der Waals surface area contributed by atoms with Crippen molar-refractivity contribution in [3.05, 3.63) is 70.2 Å². The van der Waals surface area contributed by atoms with E-state index < -0.39 is 6.04 Å². The first kappa shape index (κ1) is 14.6. The molecule has 104 valence electrons. The molecule has 0 aromatic heterocycles. The van der Waals surface area contributed by atoms with E-state index in [-0.39, 0.29) is 12.5 Å². The second-order valence-electron chi connectivity index (χ2n) is 4.58. The maximum Gasteiger partial charge on any atom is 0.252 e. The Morgan fingerprint density at radius 2 is 1.95 bits per heavy atom. The van der Waals surface area contributed by atoms with Crippen LogP contribution in [0.4, 0.5) is 0 Å². The molecule has 0 fully saturated rings. The topological polar surface area (TPSA) is 49.3 Å². The maximum absolute atomic E-state index is 12.3. The average Bonchev–Trinajstić information content (AvgIpc) is 2.48. The Labute approximate surface area is 123 Å². The van der Waals surface area contributed by atoms with E-state index in [1.54, 1.807) is 18.2 Å². The van der Waals surface area contributed by atoms with Crippen molar-refractivity contribution in [2.24, 2.45) is 0 Å². The Bertz CT molecular complexity index is 599. The third kappa shape index (κ3) is 3.38. The molecule has 0 radical (unpaired) electrons. The molecule has 3 nitrogen and oxygen atoms in total. The Hall–Kier alpha value is -1.84. The molecule has 1 atom stereocenters. The molecule has 0 bridgehead atoms. The number of benzene rings is 2. The van der Waals surface area contributed by atoms with Crippen LogP contribution in [-0.4, -0.2) is 17.6 Å². The van der Waals surface area contributed by atoms with Gasteiger partial charge >= 0.3 is 0 Å². The van der Waals surface area contributed by atoms with Crippen LogP contribution in [0.1, 0.15) is 27.5 Å². The van der Waals surface area contributed by atoms with Gasteiger partial charge in [-0.3, -0.25) is 4.79 Å². The summed E-state index contributed by atoms with van der Waals surface area (Å²) in [6.07, 6.45) is 0. The highest BCUT2D eigenvalue weighted by atomic mass is 35.5. The highest BCUT2D eigenvalue weighted by molar-refractivity contribution is 6.31. The minimum absolute atomic E-state index is 0.157. The number of hydrogen-bond acceptors (Lipinski definition) is 2. The smallest absolute Gasteiger partial charge is 0.252 e. The van der Waals surface area contributed by atoms with Crippen LogP contribution in [0.5, 0.6) is 0 Å². The lowest BCUT2D eigenvalue weighted by atomic mass is 10.1. The van der Waals surface area contributed by atoms with Crippen molar-refractivity contribution >= 4 is 17.5 Å². The second-order valence-corrected chi connectivity index (χ2v) is 5.01. The lowest BCUT2D eigenvalue weighted by molar-refractivity contribution is 0.0915. The van der Waals surface area contributed by atoms with Gasteiger partial charge in [-0.05, 0) is 30.2 Å². The van der Waals surface area contributed by atoms with Crippen LogP contribution in [0.25, 0.3) is 0 Å². The molecular weight excluding hydrogens is 274 g/mol. The van der Waals surface area contributed by atoms with E-state index in [1.165, 1.54) is 0 Å². The van der Waals surface area contributed by atoms with Gasteiger partial charge in [-0.1, -0.05) is 48.0 Å². The largest absolute Gasteiger partial charge is 0.394 e. The fourth-order valence-corrected chi connectivity index (χ4v) is 2.17. The van der Waals surface area contributed by atoms with Gasteiger partial charge in [0, 0.05) is 10.6 Å².